The Balaban J connectivity index is 1.61. The fraction of sp³-hybridized carbons (Fsp3) is 0.280. The van der Waals surface area contributed by atoms with E-state index in [-0.39, 0.29) is 23.6 Å². The van der Waals surface area contributed by atoms with Crippen molar-refractivity contribution in [3.63, 3.8) is 0 Å². The first-order chi connectivity index (χ1) is 15.6. The van der Waals surface area contributed by atoms with Gasteiger partial charge >= 0.3 is 0 Å². The van der Waals surface area contributed by atoms with E-state index < -0.39 is 0 Å². The molecule has 3 heterocycles. The Morgan fingerprint density at radius 2 is 1.76 bits per heavy atom. The number of anilines is 1. The van der Waals surface area contributed by atoms with E-state index in [1.165, 1.54) is 12.1 Å². The maximum Gasteiger partial charge on any atom is 0.230 e. The molecule has 4 aromatic rings. The van der Waals surface area contributed by atoms with Crippen LogP contribution in [0.1, 0.15) is 43.4 Å². The van der Waals surface area contributed by atoms with Crippen LogP contribution in [-0.2, 0) is 16.6 Å². The molecule has 0 saturated heterocycles. The maximum absolute atomic E-state index is 13.3. The van der Waals surface area contributed by atoms with Crippen LogP contribution in [0, 0.1) is 19.7 Å². The number of hydrogen-bond acceptors (Lipinski definition) is 4. The summed E-state index contributed by atoms with van der Waals surface area (Å²) < 4.78 is 16.7. The molecule has 7 nitrogen and oxygen atoms in total. The van der Waals surface area contributed by atoms with Gasteiger partial charge in [0.2, 0.25) is 5.91 Å². The minimum atomic E-state index is -0.306. The largest absolute Gasteiger partial charge is 0.310 e. The third-order valence-electron chi connectivity index (χ3n) is 5.46. The Labute approximate surface area is 192 Å². The van der Waals surface area contributed by atoms with Gasteiger partial charge in [0.1, 0.15) is 11.6 Å². The summed E-state index contributed by atoms with van der Waals surface area (Å²) in [6, 6.07) is 13.6. The monoisotopic (exact) mass is 446 g/mol. The van der Waals surface area contributed by atoms with Crippen LogP contribution in [0.3, 0.4) is 0 Å². The molecule has 0 radical (unpaired) electrons. The summed E-state index contributed by atoms with van der Waals surface area (Å²) in [6.07, 6.45) is 1.84. The van der Waals surface area contributed by atoms with Gasteiger partial charge < -0.3 is 5.32 Å². The standard InChI is InChI=1S/C25H27FN6O/c1-16-20(17(2)31(29-16)19-11-9-18(26)10-12-19)14-24(33)28-23-15-21(25(3,4)5)30-32(23)22-8-6-7-13-27-22/h6-13,15H,14H2,1-5H3,(H,28,33). The molecule has 170 valence electrons. The number of benzene rings is 1. The minimum Gasteiger partial charge on any atom is -0.310 e. The van der Waals surface area contributed by atoms with Crippen LogP contribution in [0.4, 0.5) is 10.2 Å². The van der Waals surface area contributed by atoms with Crippen LogP contribution in [-0.4, -0.2) is 30.5 Å². The fourth-order valence-corrected chi connectivity index (χ4v) is 3.60. The fourth-order valence-electron chi connectivity index (χ4n) is 3.60. The Kier molecular flexibility index (Phi) is 5.84. The second-order valence-electron chi connectivity index (χ2n) is 9.03. The van der Waals surface area contributed by atoms with E-state index in [2.05, 4.69) is 36.2 Å². The maximum atomic E-state index is 13.3. The second-order valence-corrected chi connectivity index (χ2v) is 9.03. The highest BCUT2D eigenvalue weighted by Crippen LogP contribution is 2.26. The highest BCUT2D eigenvalue weighted by atomic mass is 19.1. The number of hydrogen-bond donors (Lipinski definition) is 1. The number of halogens is 1. The van der Waals surface area contributed by atoms with Crippen LogP contribution < -0.4 is 5.32 Å². The average molecular weight is 447 g/mol. The molecule has 0 fully saturated rings. The first-order valence-corrected chi connectivity index (χ1v) is 10.8. The van der Waals surface area contributed by atoms with Gasteiger partial charge in [0.05, 0.1) is 23.5 Å². The molecular weight excluding hydrogens is 419 g/mol. The Morgan fingerprint density at radius 1 is 1.03 bits per heavy atom. The molecule has 8 heteroatoms. The zero-order valence-corrected chi connectivity index (χ0v) is 19.4. The molecule has 4 rings (SSSR count). The third kappa shape index (κ3) is 4.69. The van der Waals surface area contributed by atoms with Crippen molar-refractivity contribution < 1.29 is 9.18 Å². The van der Waals surface area contributed by atoms with E-state index in [1.54, 1.807) is 27.7 Å². The quantitative estimate of drug-likeness (QED) is 0.483. The van der Waals surface area contributed by atoms with Gasteiger partial charge in [-0.25, -0.2) is 14.1 Å². The number of rotatable bonds is 5. The molecule has 1 aromatic carbocycles. The second kappa shape index (κ2) is 8.61. The lowest BCUT2D eigenvalue weighted by Gasteiger charge is -2.13. The van der Waals surface area contributed by atoms with Crippen molar-refractivity contribution in [2.75, 3.05) is 5.32 Å². The summed E-state index contributed by atoms with van der Waals surface area (Å²) in [7, 11) is 0. The van der Waals surface area contributed by atoms with Crippen molar-refractivity contribution in [2.45, 2.75) is 46.5 Å². The van der Waals surface area contributed by atoms with E-state index in [0.29, 0.717) is 11.6 Å². The van der Waals surface area contributed by atoms with Gasteiger partial charge in [0.15, 0.2) is 5.82 Å². The van der Waals surface area contributed by atoms with E-state index in [9.17, 15) is 9.18 Å². The van der Waals surface area contributed by atoms with Crippen LogP contribution in [0.2, 0.25) is 0 Å². The SMILES string of the molecule is Cc1nn(-c2ccc(F)cc2)c(C)c1CC(=O)Nc1cc(C(C)(C)C)nn1-c1ccccn1. The number of carbonyl (C=O) groups is 1. The van der Waals surface area contributed by atoms with Crippen molar-refractivity contribution in [2.24, 2.45) is 0 Å². The van der Waals surface area contributed by atoms with Gasteiger partial charge in [-0.3, -0.25) is 4.79 Å². The topological polar surface area (TPSA) is 77.6 Å². The number of amides is 1. The average Bonchev–Trinajstić information content (AvgIpc) is 3.31. The normalized spacial score (nSPS) is 11.6. The van der Waals surface area contributed by atoms with Gasteiger partial charge in [-0.15, -0.1) is 0 Å². The zero-order valence-electron chi connectivity index (χ0n) is 19.4. The summed E-state index contributed by atoms with van der Waals surface area (Å²) in [6.45, 7) is 9.98. The molecule has 1 N–H and O–H groups in total. The molecule has 0 atom stereocenters. The zero-order chi connectivity index (χ0) is 23.8. The molecule has 0 saturated carbocycles. The minimum absolute atomic E-state index is 0.150. The third-order valence-corrected chi connectivity index (χ3v) is 5.46. The van der Waals surface area contributed by atoms with Gasteiger partial charge in [-0.2, -0.15) is 14.9 Å². The molecular formula is C25H27FN6O. The Bertz CT molecular complexity index is 1280. The summed E-state index contributed by atoms with van der Waals surface area (Å²) in [4.78, 5) is 17.4. The molecule has 1 amide bonds. The van der Waals surface area contributed by atoms with E-state index in [0.717, 1.165) is 28.3 Å². The first-order valence-electron chi connectivity index (χ1n) is 10.8. The molecule has 0 unspecified atom stereocenters. The lowest BCUT2D eigenvalue weighted by atomic mass is 9.92. The van der Waals surface area contributed by atoms with E-state index >= 15 is 0 Å². The first kappa shape index (κ1) is 22.4. The van der Waals surface area contributed by atoms with Crippen molar-refractivity contribution in [3.8, 4) is 11.5 Å². The molecule has 3 aromatic heterocycles. The lowest BCUT2D eigenvalue weighted by Crippen LogP contribution is -2.18. The lowest BCUT2D eigenvalue weighted by molar-refractivity contribution is -0.115. The predicted molar refractivity (Wildman–Crippen MR) is 125 cm³/mol. The Hall–Kier alpha value is -3.81. The van der Waals surface area contributed by atoms with Gasteiger partial charge in [0, 0.05) is 28.9 Å². The summed E-state index contributed by atoms with van der Waals surface area (Å²) >= 11 is 0. The van der Waals surface area contributed by atoms with E-state index in [4.69, 9.17) is 5.10 Å². The molecule has 33 heavy (non-hydrogen) atoms. The Morgan fingerprint density at radius 3 is 2.39 bits per heavy atom. The van der Waals surface area contributed by atoms with Crippen LogP contribution >= 0.6 is 0 Å². The van der Waals surface area contributed by atoms with Crippen molar-refractivity contribution >= 4 is 11.7 Å². The van der Waals surface area contributed by atoms with E-state index in [1.807, 2.05) is 38.1 Å². The van der Waals surface area contributed by atoms with Gasteiger partial charge in [-0.1, -0.05) is 26.8 Å². The van der Waals surface area contributed by atoms with Crippen molar-refractivity contribution in [1.29, 1.82) is 0 Å². The summed E-state index contributed by atoms with van der Waals surface area (Å²) in [5.41, 5.74) is 3.81. The number of pyridine rings is 1. The van der Waals surface area contributed by atoms with Crippen LogP contribution in [0.15, 0.2) is 54.7 Å². The van der Waals surface area contributed by atoms with Crippen LogP contribution in [0.25, 0.3) is 11.5 Å². The number of aryl methyl sites for hydroxylation is 1. The van der Waals surface area contributed by atoms with Gasteiger partial charge in [0.25, 0.3) is 0 Å². The molecule has 0 aliphatic rings. The highest BCUT2D eigenvalue weighted by molar-refractivity contribution is 5.92. The van der Waals surface area contributed by atoms with Crippen LogP contribution in [0.5, 0.6) is 0 Å². The summed E-state index contributed by atoms with van der Waals surface area (Å²) in [5, 5.41) is 12.2. The predicted octanol–water partition coefficient (Wildman–Crippen LogP) is 4.69. The highest BCUT2D eigenvalue weighted by Gasteiger charge is 2.23. The molecule has 0 spiro atoms. The number of nitrogens with zero attached hydrogens (tertiary/aromatic N) is 5. The smallest absolute Gasteiger partial charge is 0.230 e. The van der Waals surface area contributed by atoms with Crippen molar-refractivity contribution in [1.82, 2.24) is 24.5 Å². The molecule has 0 aliphatic heterocycles. The number of nitrogens with one attached hydrogen (secondary N) is 1. The van der Waals surface area contributed by atoms with Gasteiger partial charge in [-0.05, 0) is 50.2 Å². The molecule has 0 aliphatic carbocycles. The summed E-state index contributed by atoms with van der Waals surface area (Å²) in [5.74, 6) is 0.695. The molecule has 0 bridgehead atoms. The van der Waals surface area contributed by atoms with Crippen molar-refractivity contribution in [3.05, 3.63) is 83.2 Å². The number of carbonyl (C=O) groups excluding carboxylic acids is 1. The number of aromatic nitrogens is 5.